The Hall–Kier alpha value is -4.98. The average Bonchev–Trinajstić information content (AvgIpc) is 2.95. The second kappa shape index (κ2) is 10.4. The van der Waals surface area contributed by atoms with Crippen LogP contribution < -0.4 is 4.74 Å². The van der Waals surface area contributed by atoms with E-state index in [9.17, 15) is 22.8 Å². The van der Waals surface area contributed by atoms with Crippen LogP contribution >= 0.6 is 0 Å². The predicted molar refractivity (Wildman–Crippen MR) is 140 cm³/mol. The molecule has 5 rings (SSSR count). The molecule has 0 saturated heterocycles. The summed E-state index contributed by atoms with van der Waals surface area (Å²) in [4.78, 5) is 28.5. The third kappa shape index (κ3) is 5.36. The molecule has 39 heavy (non-hydrogen) atoms. The predicted octanol–water partition coefficient (Wildman–Crippen LogP) is 7.43. The summed E-state index contributed by atoms with van der Waals surface area (Å²) in [6.07, 6.45) is -3.41. The summed E-state index contributed by atoms with van der Waals surface area (Å²) in [5, 5.41) is 9.24. The number of pyridine rings is 1. The zero-order chi connectivity index (χ0) is 27.6. The van der Waals surface area contributed by atoms with Gasteiger partial charge < -0.3 is 9.84 Å². The number of carbonyl (C=O) groups excluding carboxylic acids is 1. The van der Waals surface area contributed by atoms with Crippen LogP contribution in [0.5, 0.6) is 5.75 Å². The van der Waals surface area contributed by atoms with Gasteiger partial charge in [0.25, 0.3) is 0 Å². The van der Waals surface area contributed by atoms with Gasteiger partial charge in [0.05, 0.1) is 16.6 Å². The van der Waals surface area contributed by atoms with Crippen molar-refractivity contribution in [3.05, 3.63) is 131 Å². The lowest BCUT2D eigenvalue weighted by molar-refractivity contribution is -0.136. The maximum atomic E-state index is 13.8. The van der Waals surface area contributed by atoms with Gasteiger partial charge in [-0.05, 0) is 41.5 Å². The molecule has 0 fully saturated rings. The van der Waals surface area contributed by atoms with E-state index in [1.165, 1.54) is 30.5 Å². The van der Waals surface area contributed by atoms with E-state index in [-0.39, 0.29) is 34.4 Å². The van der Waals surface area contributed by atoms with Crippen molar-refractivity contribution in [1.29, 1.82) is 0 Å². The summed E-state index contributed by atoms with van der Waals surface area (Å²) in [5.74, 6) is -0.886. The van der Waals surface area contributed by atoms with E-state index in [1.54, 1.807) is 66.7 Å². The molecule has 194 valence electrons. The maximum absolute atomic E-state index is 13.8. The fourth-order valence-electron chi connectivity index (χ4n) is 4.31. The Morgan fingerprint density at radius 3 is 2.13 bits per heavy atom. The molecule has 0 aliphatic heterocycles. The highest BCUT2D eigenvalue weighted by Crippen LogP contribution is 2.39. The summed E-state index contributed by atoms with van der Waals surface area (Å²) in [7, 11) is 0. The first-order valence-electron chi connectivity index (χ1n) is 11.9. The van der Waals surface area contributed by atoms with E-state index in [1.807, 2.05) is 0 Å². The molecule has 5 nitrogen and oxygen atoms in total. The lowest BCUT2D eigenvalue weighted by Gasteiger charge is -2.16. The Labute approximate surface area is 221 Å². The molecule has 1 heterocycles. The number of hydrogen-bond acceptors (Lipinski definition) is 4. The van der Waals surface area contributed by atoms with E-state index >= 15 is 0 Å². The molecule has 0 spiro atoms. The lowest BCUT2D eigenvalue weighted by Crippen LogP contribution is -2.09. The molecule has 5 aromatic rings. The van der Waals surface area contributed by atoms with E-state index in [2.05, 4.69) is 4.98 Å². The van der Waals surface area contributed by atoms with Gasteiger partial charge in [0, 0.05) is 28.3 Å². The molecule has 1 N–H and O–H groups in total. The molecule has 0 radical (unpaired) electrons. The average molecular weight is 527 g/mol. The topological polar surface area (TPSA) is 76.5 Å². The van der Waals surface area contributed by atoms with Crippen molar-refractivity contribution >= 4 is 22.7 Å². The summed E-state index contributed by atoms with van der Waals surface area (Å²) in [5.41, 5.74) is 1.25. The molecule has 0 unspecified atom stereocenters. The van der Waals surface area contributed by atoms with Crippen molar-refractivity contribution in [3.8, 4) is 16.9 Å². The van der Waals surface area contributed by atoms with E-state index in [0.717, 1.165) is 11.6 Å². The number of hydrogen-bond donors (Lipinski definition) is 1. The zero-order valence-electron chi connectivity index (χ0n) is 20.3. The first-order chi connectivity index (χ1) is 18.7. The van der Waals surface area contributed by atoms with Crippen molar-refractivity contribution in [2.45, 2.75) is 12.8 Å². The fraction of sp³-hybridized carbons (Fsp3) is 0.0645. The highest BCUT2D eigenvalue weighted by molar-refractivity contribution is 6.16. The van der Waals surface area contributed by atoms with Crippen LogP contribution in [0.25, 0.3) is 22.0 Å². The molecule has 0 aliphatic rings. The highest BCUT2D eigenvalue weighted by Gasteiger charge is 2.34. The third-order valence-corrected chi connectivity index (χ3v) is 6.23. The van der Waals surface area contributed by atoms with Crippen LogP contribution in [0.15, 0.2) is 103 Å². The van der Waals surface area contributed by atoms with Gasteiger partial charge in [-0.25, -0.2) is 4.79 Å². The normalized spacial score (nSPS) is 11.4. The number of ketones is 1. The third-order valence-electron chi connectivity index (χ3n) is 6.23. The summed E-state index contributed by atoms with van der Waals surface area (Å²) in [6.45, 7) is 0.185. The Morgan fingerprint density at radius 2 is 1.49 bits per heavy atom. The number of ether oxygens (including phenoxy) is 1. The number of carboxylic acids is 1. The van der Waals surface area contributed by atoms with Gasteiger partial charge in [-0.15, -0.1) is 0 Å². The number of carbonyl (C=O) groups is 2. The van der Waals surface area contributed by atoms with Gasteiger partial charge in [-0.2, -0.15) is 13.2 Å². The first-order valence-corrected chi connectivity index (χ1v) is 11.9. The number of para-hydroxylation sites is 1. The molecule has 0 atom stereocenters. The number of halogens is 3. The highest BCUT2D eigenvalue weighted by atomic mass is 19.4. The van der Waals surface area contributed by atoms with Gasteiger partial charge >= 0.3 is 12.1 Å². The SMILES string of the molecule is O=C(O)c1ccc(COc2ccc(-c3c(C(=O)c4ccccc4)cnc4c(C(F)(F)F)cccc34)cc2)cc1. The van der Waals surface area contributed by atoms with Crippen LogP contribution in [0.2, 0.25) is 0 Å². The minimum Gasteiger partial charge on any atom is -0.489 e. The monoisotopic (exact) mass is 527 g/mol. The largest absolute Gasteiger partial charge is 0.489 e. The van der Waals surface area contributed by atoms with Crippen molar-refractivity contribution in [1.82, 2.24) is 4.98 Å². The molecule has 0 bridgehead atoms. The minimum absolute atomic E-state index is 0.169. The molecular weight excluding hydrogens is 507 g/mol. The summed E-state index contributed by atoms with van der Waals surface area (Å²) in [6, 6.07) is 25.2. The van der Waals surface area contributed by atoms with Crippen LogP contribution in [0.4, 0.5) is 13.2 Å². The van der Waals surface area contributed by atoms with E-state index in [0.29, 0.717) is 22.4 Å². The molecule has 0 saturated carbocycles. The van der Waals surface area contributed by atoms with Gasteiger partial charge in [-0.1, -0.05) is 66.7 Å². The number of alkyl halides is 3. The van der Waals surface area contributed by atoms with Crippen LogP contribution in [-0.4, -0.2) is 21.8 Å². The number of benzene rings is 4. The molecule has 1 aromatic heterocycles. The molecule has 4 aromatic carbocycles. The first kappa shape index (κ1) is 25.7. The minimum atomic E-state index is -4.62. The van der Waals surface area contributed by atoms with Gasteiger partial charge in [0.1, 0.15) is 12.4 Å². The van der Waals surface area contributed by atoms with Gasteiger partial charge in [0.15, 0.2) is 5.78 Å². The van der Waals surface area contributed by atoms with E-state index in [4.69, 9.17) is 9.84 Å². The molecule has 8 heteroatoms. The zero-order valence-corrected chi connectivity index (χ0v) is 20.3. The van der Waals surface area contributed by atoms with Crippen molar-refractivity contribution < 1.29 is 32.6 Å². The molecular formula is C31H20F3NO4. The summed E-state index contributed by atoms with van der Waals surface area (Å²) < 4.78 is 47.1. The summed E-state index contributed by atoms with van der Waals surface area (Å²) >= 11 is 0. The van der Waals surface area contributed by atoms with Crippen LogP contribution in [0, 0.1) is 0 Å². The lowest BCUT2D eigenvalue weighted by atomic mass is 9.91. The quantitative estimate of drug-likeness (QED) is 0.223. The Balaban J connectivity index is 1.53. The maximum Gasteiger partial charge on any atom is 0.418 e. The number of aromatic nitrogens is 1. The van der Waals surface area contributed by atoms with E-state index < -0.39 is 17.7 Å². The fourth-order valence-corrected chi connectivity index (χ4v) is 4.31. The number of fused-ring (bicyclic) bond motifs is 1. The van der Waals surface area contributed by atoms with Gasteiger partial charge in [-0.3, -0.25) is 9.78 Å². The smallest absolute Gasteiger partial charge is 0.418 e. The molecule has 0 amide bonds. The second-order valence-electron chi connectivity index (χ2n) is 8.76. The van der Waals surface area contributed by atoms with Crippen LogP contribution in [0.1, 0.15) is 37.4 Å². The standard InChI is InChI=1S/C31H20F3NO4/c32-31(33,34)26-8-4-7-24-27(25(17-35-28(24)26)29(36)21-5-2-1-3-6-21)20-13-15-23(16-14-20)39-18-19-9-11-22(12-10-19)30(37)38/h1-17H,18H2,(H,37,38). The van der Waals surface area contributed by atoms with Crippen LogP contribution in [-0.2, 0) is 12.8 Å². The Kier molecular flexibility index (Phi) is 6.85. The van der Waals surface area contributed by atoms with Gasteiger partial charge in [0.2, 0.25) is 0 Å². The number of nitrogens with zero attached hydrogens (tertiary/aromatic N) is 1. The Bertz CT molecular complexity index is 1660. The number of rotatable bonds is 7. The second-order valence-corrected chi connectivity index (χ2v) is 8.76. The van der Waals surface area contributed by atoms with Crippen LogP contribution in [0.3, 0.4) is 0 Å². The molecule has 0 aliphatic carbocycles. The van der Waals surface area contributed by atoms with Crippen molar-refractivity contribution in [2.75, 3.05) is 0 Å². The van der Waals surface area contributed by atoms with Crippen molar-refractivity contribution in [2.24, 2.45) is 0 Å². The Morgan fingerprint density at radius 1 is 0.795 bits per heavy atom. The number of carboxylic acid groups (broad SMARTS) is 1. The van der Waals surface area contributed by atoms with Crippen molar-refractivity contribution in [3.63, 3.8) is 0 Å². The number of aromatic carboxylic acids is 1.